The number of para-hydroxylation sites is 2. The number of rotatable bonds is 7. The molecule has 0 spiro atoms. The zero-order valence-electron chi connectivity index (χ0n) is 22.1. The summed E-state index contributed by atoms with van der Waals surface area (Å²) in [6.45, 7) is 12.5. The number of morpholine rings is 1. The van der Waals surface area contributed by atoms with Crippen LogP contribution in [0.5, 0.6) is 0 Å². The molecule has 2 fully saturated rings. The smallest absolute Gasteiger partial charge is 0.239 e. The van der Waals surface area contributed by atoms with Crippen LogP contribution in [0.3, 0.4) is 0 Å². The molecule has 1 N–H and O–H groups in total. The zero-order valence-corrected chi connectivity index (χ0v) is 22.1. The van der Waals surface area contributed by atoms with E-state index in [0.29, 0.717) is 36.8 Å². The maximum atomic E-state index is 10.6. The number of hydrogen-bond acceptors (Lipinski definition) is 8. The summed E-state index contributed by atoms with van der Waals surface area (Å²) < 4.78 is 9.62. The van der Waals surface area contributed by atoms with Crippen molar-refractivity contribution in [2.45, 2.75) is 33.3 Å². The highest BCUT2D eigenvalue weighted by Crippen LogP contribution is 2.31. The molecule has 6 rings (SSSR count). The Morgan fingerprint density at radius 1 is 1.03 bits per heavy atom. The van der Waals surface area contributed by atoms with Gasteiger partial charge in [-0.15, -0.1) is 0 Å². The number of aromatic nitrogens is 6. The molecule has 0 bridgehead atoms. The normalized spacial score (nSPS) is 18.3. The van der Waals surface area contributed by atoms with Crippen LogP contribution < -0.4 is 4.90 Å². The highest BCUT2D eigenvalue weighted by Gasteiger charge is 2.30. The van der Waals surface area contributed by atoms with Crippen molar-refractivity contribution in [2.75, 3.05) is 50.8 Å². The Bertz CT molecular complexity index is 1410. The van der Waals surface area contributed by atoms with Crippen molar-refractivity contribution >= 4 is 28.0 Å². The molecule has 5 heterocycles. The summed E-state index contributed by atoms with van der Waals surface area (Å²) in [5.74, 6) is 4.17. The van der Waals surface area contributed by atoms with E-state index < -0.39 is 6.10 Å². The summed E-state index contributed by atoms with van der Waals surface area (Å²) in [6, 6.07) is 7.86. The Hall–Kier alpha value is -3.08. The van der Waals surface area contributed by atoms with Gasteiger partial charge in [0.1, 0.15) is 17.8 Å². The molecule has 1 aromatic carbocycles. The number of imidazole rings is 2. The molecule has 0 unspecified atom stereocenters. The largest absolute Gasteiger partial charge is 0.385 e. The summed E-state index contributed by atoms with van der Waals surface area (Å²) in [4.78, 5) is 24.6. The predicted octanol–water partition coefficient (Wildman–Crippen LogP) is 2.72. The van der Waals surface area contributed by atoms with Gasteiger partial charge >= 0.3 is 0 Å². The van der Waals surface area contributed by atoms with E-state index in [2.05, 4.69) is 35.3 Å². The van der Waals surface area contributed by atoms with Gasteiger partial charge in [-0.25, -0.2) is 9.97 Å². The predicted molar refractivity (Wildman–Crippen MR) is 143 cm³/mol. The van der Waals surface area contributed by atoms with Crippen LogP contribution in [0.4, 0.5) is 5.82 Å². The molecular formula is C27H36N8O2. The molecule has 0 aliphatic carbocycles. The van der Waals surface area contributed by atoms with Gasteiger partial charge in [0, 0.05) is 46.2 Å². The van der Waals surface area contributed by atoms with E-state index >= 15 is 0 Å². The first-order valence-corrected chi connectivity index (χ1v) is 13.3. The Morgan fingerprint density at radius 2 is 1.78 bits per heavy atom. The molecule has 3 aromatic heterocycles. The second-order valence-corrected chi connectivity index (χ2v) is 10.9. The Balaban J connectivity index is 1.45. The van der Waals surface area contributed by atoms with Gasteiger partial charge in [-0.3, -0.25) is 4.57 Å². The molecule has 1 atom stereocenters. The van der Waals surface area contributed by atoms with Gasteiger partial charge < -0.3 is 24.2 Å². The summed E-state index contributed by atoms with van der Waals surface area (Å²) in [6.07, 6.45) is 0.153. The molecule has 196 valence electrons. The van der Waals surface area contributed by atoms with E-state index in [4.69, 9.17) is 24.7 Å². The van der Waals surface area contributed by atoms with Crippen molar-refractivity contribution in [1.82, 2.24) is 34.0 Å². The lowest BCUT2D eigenvalue weighted by molar-refractivity contribution is 0.0857. The van der Waals surface area contributed by atoms with E-state index in [1.807, 2.05) is 28.8 Å². The number of aliphatic hydroxyl groups is 1. The minimum atomic E-state index is -0.770. The fourth-order valence-electron chi connectivity index (χ4n) is 5.62. The van der Waals surface area contributed by atoms with Crippen molar-refractivity contribution in [3.05, 3.63) is 35.9 Å². The molecule has 0 saturated carbocycles. The van der Waals surface area contributed by atoms with Gasteiger partial charge in [0.25, 0.3) is 0 Å². The molecule has 37 heavy (non-hydrogen) atoms. The van der Waals surface area contributed by atoms with Crippen LogP contribution >= 0.6 is 0 Å². The first-order valence-electron chi connectivity index (χ1n) is 13.3. The monoisotopic (exact) mass is 504 g/mol. The van der Waals surface area contributed by atoms with E-state index in [1.165, 1.54) is 0 Å². The lowest BCUT2D eigenvalue weighted by atomic mass is 9.95. The SMILES string of the molecule is CC(C)CN1CC(Cc2nc3c(N4CCOCC4)nc(-n4c([C@H](C)O)nc5ccccc54)nc3n2C)C1. The van der Waals surface area contributed by atoms with Crippen LogP contribution in [0.1, 0.15) is 38.5 Å². The van der Waals surface area contributed by atoms with Crippen molar-refractivity contribution in [1.29, 1.82) is 0 Å². The molecule has 4 aromatic rings. The third-order valence-electron chi connectivity index (χ3n) is 7.38. The molecule has 2 aliphatic heterocycles. The van der Waals surface area contributed by atoms with Crippen LogP contribution in [0.2, 0.25) is 0 Å². The Kier molecular flexibility index (Phi) is 6.34. The first-order chi connectivity index (χ1) is 17.9. The van der Waals surface area contributed by atoms with Gasteiger partial charge in [0.15, 0.2) is 17.0 Å². The maximum absolute atomic E-state index is 10.6. The second-order valence-electron chi connectivity index (χ2n) is 10.9. The highest BCUT2D eigenvalue weighted by molar-refractivity contribution is 5.86. The minimum absolute atomic E-state index is 0.500. The quantitative estimate of drug-likeness (QED) is 0.410. The molecule has 2 saturated heterocycles. The Morgan fingerprint density at radius 3 is 2.51 bits per heavy atom. The number of aliphatic hydroxyl groups excluding tert-OH is 1. The van der Waals surface area contributed by atoms with E-state index in [0.717, 1.165) is 73.0 Å². The van der Waals surface area contributed by atoms with Gasteiger partial charge in [0.2, 0.25) is 5.95 Å². The number of likely N-dealkylation sites (tertiary alicyclic amines) is 1. The van der Waals surface area contributed by atoms with Gasteiger partial charge in [-0.1, -0.05) is 26.0 Å². The lowest BCUT2D eigenvalue weighted by Crippen LogP contribution is -2.49. The van der Waals surface area contributed by atoms with Crippen molar-refractivity contribution in [3.63, 3.8) is 0 Å². The fraction of sp³-hybridized carbons (Fsp3) is 0.556. The molecule has 10 nitrogen and oxygen atoms in total. The zero-order chi connectivity index (χ0) is 25.7. The van der Waals surface area contributed by atoms with E-state index in [9.17, 15) is 5.11 Å². The number of fused-ring (bicyclic) bond motifs is 2. The number of hydrogen-bond donors (Lipinski definition) is 1. The number of benzene rings is 1. The highest BCUT2D eigenvalue weighted by atomic mass is 16.5. The van der Waals surface area contributed by atoms with Crippen LogP contribution in [-0.4, -0.2) is 85.0 Å². The van der Waals surface area contributed by atoms with Gasteiger partial charge in [0.05, 0.1) is 24.2 Å². The van der Waals surface area contributed by atoms with Crippen LogP contribution in [-0.2, 0) is 18.2 Å². The van der Waals surface area contributed by atoms with E-state index in [1.54, 1.807) is 6.92 Å². The van der Waals surface area contributed by atoms with Crippen LogP contribution in [0.15, 0.2) is 24.3 Å². The molecular weight excluding hydrogens is 468 g/mol. The Labute approximate surface area is 216 Å². The summed E-state index contributed by atoms with van der Waals surface area (Å²) >= 11 is 0. The number of aryl methyl sites for hydroxylation is 1. The maximum Gasteiger partial charge on any atom is 0.239 e. The van der Waals surface area contributed by atoms with Gasteiger partial charge in [-0.2, -0.15) is 9.97 Å². The van der Waals surface area contributed by atoms with Crippen LogP contribution in [0.25, 0.3) is 28.1 Å². The third kappa shape index (κ3) is 4.47. The molecule has 0 amide bonds. The van der Waals surface area contributed by atoms with Crippen LogP contribution in [0, 0.1) is 11.8 Å². The average Bonchev–Trinajstić information content (AvgIpc) is 3.41. The lowest BCUT2D eigenvalue weighted by Gasteiger charge is -2.40. The second kappa shape index (κ2) is 9.66. The third-order valence-corrected chi connectivity index (χ3v) is 7.38. The standard InChI is InChI=1S/C27H36N8O2/c1-17(2)14-33-15-19(16-33)13-22-29-23-25(32(22)4)30-27(31-26(23)34-9-11-37-12-10-34)35-21-8-6-5-7-20(21)28-24(35)18(3)36/h5-8,17-19,36H,9-16H2,1-4H3/t18-/m0/s1. The average molecular weight is 505 g/mol. The number of nitrogens with zero attached hydrogens (tertiary/aromatic N) is 8. The number of ether oxygens (including phenoxy) is 1. The summed E-state index contributed by atoms with van der Waals surface area (Å²) in [5.41, 5.74) is 3.29. The number of anilines is 1. The fourth-order valence-corrected chi connectivity index (χ4v) is 5.62. The van der Waals surface area contributed by atoms with E-state index in [-0.39, 0.29) is 0 Å². The summed E-state index contributed by atoms with van der Waals surface area (Å²) in [7, 11) is 2.05. The van der Waals surface area contributed by atoms with Crippen molar-refractivity contribution in [2.24, 2.45) is 18.9 Å². The van der Waals surface area contributed by atoms with Gasteiger partial charge in [-0.05, 0) is 30.9 Å². The molecule has 2 aliphatic rings. The minimum Gasteiger partial charge on any atom is -0.385 e. The molecule has 10 heteroatoms. The first kappa shape index (κ1) is 24.3. The van der Waals surface area contributed by atoms with Crippen molar-refractivity contribution in [3.8, 4) is 5.95 Å². The molecule has 0 radical (unpaired) electrons. The summed E-state index contributed by atoms with van der Waals surface area (Å²) in [5, 5.41) is 10.6. The van der Waals surface area contributed by atoms with Crippen molar-refractivity contribution < 1.29 is 9.84 Å². The topological polar surface area (TPSA) is 97.4 Å².